The minimum atomic E-state index is 0.0495. The third-order valence-corrected chi connectivity index (χ3v) is 17.8. The highest BCUT2D eigenvalue weighted by atomic mass is 32.2. The Labute approximate surface area is 445 Å². The summed E-state index contributed by atoms with van der Waals surface area (Å²) in [7, 11) is 6.61. The van der Waals surface area contributed by atoms with Gasteiger partial charge in [-0.05, 0) is 170 Å². The molecule has 0 atom stereocenters. The molecule has 9 aromatic rings. The third-order valence-electron chi connectivity index (χ3n) is 11.5. The fourth-order valence-electron chi connectivity index (χ4n) is 8.07. The summed E-state index contributed by atoms with van der Waals surface area (Å²) < 4.78 is 22.6. The van der Waals surface area contributed by atoms with E-state index >= 15 is 0 Å². The summed E-state index contributed by atoms with van der Waals surface area (Å²) in [6, 6.07) is 45.6. The summed E-state index contributed by atoms with van der Waals surface area (Å²) in [5, 5.41) is 0.0991. The molecule has 9 rings (SSSR count). The molecule has 0 aliphatic rings. The van der Waals surface area contributed by atoms with Crippen molar-refractivity contribution >= 4 is 79.1 Å². The summed E-state index contributed by atoms with van der Waals surface area (Å²) in [6.07, 6.45) is 0. The first-order chi connectivity index (χ1) is 34.9. The zero-order valence-electron chi connectivity index (χ0n) is 40.6. The van der Waals surface area contributed by atoms with Gasteiger partial charge in [0.05, 0.1) is 38.2 Å². The molecule has 0 saturated carbocycles. The van der Waals surface area contributed by atoms with Crippen molar-refractivity contribution < 1.29 is 28.5 Å². The second-order valence-electron chi connectivity index (χ2n) is 16.4. The van der Waals surface area contributed by atoms with Crippen LogP contribution in [0, 0.1) is 37.5 Å². The zero-order valence-corrected chi connectivity index (χ0v) is 45.5. The van der Waals surface area contributed by atoms with Gasteiger partial charge in [-0.15, -0.1) is 45.3 Å². The van der Waals surface area contributed by atoms with Crippen LogP contribution in [-0.2, 0) is 9.59 Å². The molecule has 358 valence electrons. The molecule has 0 fully saturated rings. The van der Waals surface area contributed by atoms with Crippen LogP contribution in [0.25, 0.3) is 62.6 Å². The van der Waals surface area contributed by atoms with Crippen LogP contribution in [0.5, 0.6) is 23.0 Å². The Morgan fingerprint density at radius 1 is 0.403 bits per heavy atom. The Balaban J connectivity index is 1.22. The van der Waals surface area contributed by atoms with Gasteiger partial charge in [-0.1, -0.05) is 47.2 Å². The molecule has 0 N–H and O–H groups in total. The number of benzene rings is 5. The van der Waals surface area contributed by atoms with Gasteiger partial charge in [0.25, 0.3) is 0 Å². The minimum absolute atomic E-state index is 0.0495. The fourth-order valence-corrected chi connectivity index (χ4v) is 13.5. The third kappa shape index (κ3) is 11.3. The Morgan fingerprint density at radius 3 is 1.14 bits per heavy atom. The van der Waals surface area contributed by atoms with E-state index in [9.17, 15) is 9.59 Å². The summed E-state index contributed by atoms with van der Waals surface area (Å²) in [4.78, 5) is 33.8. The van der Waals surface area contributed by atoms with Crippen molar-refractivity contribution in [3.05, 3.63) is 165 Å². The average Bonchev–Trinajstić information content (AvgIpc) is 4.22. The molecule has 0 bridgehead atoms. The van der Waals surface area contributed by atoms with Crippen LogP contribution >= 0.6 is 68.9 Å². The SMILES string of the molecule is COc1ccc(-c2ccc(-c3cc(-c4sc(C#Cc5ccc(SC(C)=O)cc5)cc4C)c(-c4ccc(-c5ccc(OC)c(OC)c5)s4)cc3-c3sc(C#Cc4ccc(SC(C)=O)cc4)cc3C)s2)cc1OC. The molecular formula is C60H46O6S6. The van der Waals surface area contributed by atoms with Gasteiger partial charge in [0, 0.05) is 86.3 Å². The van der Waals surface area contributed by atoms with Gasteiger partial charge in [0.15, 0.2) is 33.2 Å². The number of ether oxygens (including phenoxy) is 4. The van der Waals surface area contributed by atoms with Crippen molar-refractivity contribution in [3.8, 4) is 109 Å². The maximum Gasteiger partial charge on any atom is 0.190 e. The molecule has 6 nitrogen and oxygen atoms in total. The summed E-state index contributed by atoms with van der Waals surface area (Å²) in [5.74, 6) is 16.3. The molecule has 0 amide bonds. The highest BCUT2D eigenvalue weighted by Crippen LogP contribution is 2.51. The largest absolute Gasteiger partial charge is 0.493 e. The summed E-state index contributed by atoms with van der Waals surface area (Å²) in [6.45, 7) is 7.47. The van der Waals surface area contributed by atoms with Gasteiger partial charge in [0.2, 0.25) is 0 Å². The molecule has 4 heterocycles. The van der Waals surface area contributed by atoms with Crippen LogP contribution in [0.2, 0.25) is 0 Å². The predicted octanol–water partition coefficient (Wildman–Crippen LogP) is 16.7. The lowest BCUT2D eigenvalue weighted by Gasteiger charge is -2.16. The van der Waals surface area contributed by atoms with Crippen LogP contribution < -0.4 is 18.9 Å². The number of methoxy groups -OCH3 is 4. The van der Waals surface area contributed by atoms with Gasteiger partial charge >= 0.3 is 0 Å². The number of thiophene rings is 4. The van der Waals surface area contributed by atoms with Gasteiger partial charge in [-0.25, -0.2) is 0 Å². The van der Waals surface area contributed by atoms with Crippen molar-refractivity contribution in [2.75, 3.05) is 28.4 Å². The van der Waals surface area contributed by atoms with Gasteiger partial charge in [-0.2, -0.15) is 0 Å². The molecule has 72 heavy (non-hydrogen) atoms. The van der Waals surface area contributed by atoms with E-state index in [0.717, 1.165) is 104 Å². The van der Waals surface area contributed by atoms with Crippen LogP contribution in [0.3, 0.4) is 0 Å². The van der Waals surface area contributed by atoms with E-state index in [-0.39, 0.29) is 10.2 Å². The van der Waals surface area contributed by atoms with E-state index in [1.54, 1.807) is 87.6 Å². The minimum Gasteiger partial charge on any atom is -0.493 e. The summed E-state index contributed by atoms with van der Waals surface area (Å²) in [5.41, 5.74) is 10.5. The highest BCUT2D eigenvalue weighted by Gasteiger charge is 2.23. The molecule has 0 saturated heterocycles. The van der Waals surface area contributed by atoms with Gasteiger partial charge in [-0.3, -0.25) is 9.59 Å². The van der Waals surface area contributed by atoms with Crippen molar-refractivity contribution in [2.24, 2.45) is 0 Å². The number of aryl methyl sites for hydroxylation is 2. The first-order valence-corrected chi connectivity index (χ1v) is 27.5. The first kappa shape index (κ1) is 50.2. The fraction of sp³-hybridized carbons (Fsp3) is 0.133. The molecule has 0 unspecified atom stereocenters. The first-order valence-electron chi connectivity index (χ1n) is 22.6. The Kier molecular flexibility index (Phi) is 15.6. The van der Waals surface area contributed by atoms with Crippen molar-refractivity contribution in [1.29, 1.82) is 0 Å². The Morgan fingerprint density at radius 2 is 0.778 bits per heavy atom. The number of thioether (sulfide) groups is 2. The van der Waals surface area contributed by atoms with Gasteiger partial charge in [0.1, 0.15) is 0 Å². The number of carbonyl (C=O) groups excluding carboxylic acids is 2. The van der Waals surface area contributed by atoms with Crippen LogP contribution in [0.15, 0.2) is 143 Å². The van der Waals surface area contributed by atoms with E-state index in [4.69, 9.17) is 18.9 Å². The normalized spacial score (nSPS) is 10.8. The van der Waals surface area contributed by atoms with E-state index in [2.05, 4.69) is 98.2 Å². The highest BCUT2D eigenvalue weighted by molar-refractivity contribution is 8.13. The molecule has 0 aliphatic heterocycles. The standard InChI is InChI=1S/C60H46O6S6/c1-35-29-45(21-13-39-9-17-43(18-10-39)67-37(3)61)69-59(35)49-33-48(58-28-26-56(72-58)42-16-24-52(64-6)54(32-42)66-8)50(34-47(49)57-27-25-55(71-57)41-15-23-51(63-5)53(31-41)65-7)60-36(2)30-46(70-60)22-14-40-11-19-44(20-12-40)68-38(4)62/h9-12,15-20,23-34H,1-8H3. The van der Waals surface area contributed by atoms with E-state index in [0.29, 0.717) is 23.0 Å². The molecule has 5 aromatic carbocycles. The second kappa shape index (κ2) is 22.4. The van der Waals surface area contributed by atoms with Crippen molar-refractivity contribution in [2.45, 2.75) is 37.5 Å². The number of hydrogen-bond donors (Lipinski definition) is 0. The number of rotatable bonds is 12. The van der Waals surface area contributed by atoms with E-state index in [1.165, 1.54) is 23.5 Å². The van der Waals surface area contributed by atoms with E-state index < -0.39 is 0 Å². The van der Waals surface area contributed by atoms with Crippen LogP contribution in [0.4, 0.5) is 0 Å². The second-order valence-corrected chi connectivity index (χ2v) is 23.2. The van der Waals surface area contributed by atoms with Gasteiger partial charge < -0.3 is 18.9 Å². The maximum absolute atomic E-state index is 11.7. The average molecular weight is 1060 g/mol. The molecular weight excluding hydrogens is 1010 g/mol. The monoisotopic (exact) mass is 1050 g/mol. The maximum atomic E-state index is 11.7. The van der Waals surface area contributed by atoms with E-state index in [1.807, 2.05) is 72.8 Å². The molecule has 4 aromatic heterocycles. The smallest absolute Gasteiger partial charge is 0.190 e. The summed E-state index contributed by atoms with van der Waals surface area (Å²) >= 11 is 9.29. The van der Waals surface area contributed by atoms with Crippen molar-refractivity contribution in [1.82, 2.24) is 0 Å². The topological polar surface area (TPSA) is 71.1 Å². The quantitative estimate of drug-likeness (QED) is 0.0885. The Hall–Kier alpha value is -6.74. The molecule has 0 spiro atoms. The molecule has 0 radical (unpaired) electrons. The number of hydrogen-bond acceptors (Lipinski definition) is 12. The lowest BCUT2D eigenvalue weighted by molar-refractivity contribution is -0.109. The lowest BCUT2D eigenvalue weighted by Crippen LogP contribution is -1.90. The molecule has 0 aliphatic carbocycles. The zero-order chi connectivity index (χ0) is 50.5. The van der Waals surface area contributed by atoms with Crippen molar-refractivity contribution in [3.63, 3.8) is 0 Å². The van der Waals surface area contributed by atoms with Crippen LogP contribution in [-0.4, -0.2) is 38.7 Å². The molecule has 12 heteroatoms. The number of carbonyl (C=O) groups is 2. The lowest BCUT2D eigenvalue weighted by atomic mass is 9.93. The Bertz CT molecular complexity index is 3380. The van der Waals surface area contributed by atoms with Crippen LogP contribution in [0.1, 0.15) is 45.9 Å². The predicted molar refractivity (Wildman–Crippen MR) is 304 cm³/mol.